The van der Waals surface area contributed by atoms with E-state index in [0.29, 0.717) is 24.1 Å². The number of hydrogen-bond acceptors (Lipinski definition) is 2. The maximum atomic E-state index is 14.5. The number of alkyl halides is 3. The summed E-state index contributed by atoms with van der Waals surface area (Å²) >= 11 is 0. The highest BCUT2D eigenvalue weighted by Gasteiger charge is 2.56. The fraction of sp³-hybridized carbons (Fsp3) is 0.400. The summed E-state index contributed by atoms with van der Waals surface area (Å²) in [7, 11) is 0. The zero-order valence-corrected chi connectivity index (χ0v) is 18.0. The van der Waals surface area contributed by atoms with Crippen LogP contribution in [0.15, 0.2) is 54.6 Å². The molecule has 3 aromatic rings. The first-order valence-electron chi connectivity index (χ1n) is 10.5. The van der Waals surface area contributed by atoms with Crippen LogP contribution in [0.3, 0.4) is 0 Å². The molecule has 0 aliphatic rings. The molecule has 160 valence electrons. The van der Waals surface area contributed by atoms with Crippen LogP contribution in [0, 0.1) is 12.3 Å². The molecule has 2 atom stereocenters. The SMILES string of the molecule is CCCC(C)(C(Nc1cccc2nc(C)ccc12)c1ccccc1CC)C(F)(F)F. The number of rotatable bonds is 7. The first-order valence-corrected chi connectivity index (χ1v) is 10.5. The summed E-state index contributed by atoms with van der Waals surface area (Å²) < 4.78 is 43.4. The second-order valence-corrected chi connectivity index (χ2v) is 8.12. The van der Waals surface area contributed by atoms with Gasteiger partial charge in [0.05, 0.1) is 17.0 Å². The molecule has 1 aromatic heterocycles. The molecule has 0 aliphatic carbocycles. The third kappa shape index (κ3) is 4.16. The van der Waals surface area contributed by atoms with E-state index in [-0.39, 0.29) is 6.42 Å². The molecule has 1 heterocycles. The minimum absolute atomic E-state index is 0.0361. The van der Waals surface area contributed by atoms with Crippen LogP contribution >= 0.6 is 0 Å². The number of aryl methyl sites for hydroxylation is 2. The number of anilines is 1. The van der Waals surface area contributed by atoms with Crippen LogP contribution in [-0.4, -0.2) is 11.2 Å². The smallest absolute Gasteiger partial charge is 0.377 e. The standard InChI is InChI=1S/C25H29F3N2/c1-5-16-24(4,25(26,27)28)23(19-11-8-7-10-18(19)6-2)30-22-13-9-12-21-20(22)15-14-17(3)29-21/h7-15,23,30H,5-6,16H2,1-4H3. The van der Waals surface area contributed by atoms with Gasteiger partial charge in [-0.1, -0.05) is 50.6 Å². The maximum Gasteiger partial charge on any atom is 0.396 e. The van der Waals surface area contributed by atoms with Gasteiger partial charge in [-0.3, -0.25) is 4.98 Å². The summed E-state index contributed by atoms with van der Waals surface area (Å²) in [5.41, 5.74) is 2.02. The lowest BCUT2D eigenvalue weighted by Gasteiger charge is -2.41. The largest absolute Gasteiger partial charge is 0.396 e. The average Bonchev–Trinajstić information content (AvgIpc) is 2.71. The van der Waals surface area contributed by atoms with Crippen molar-refractivity contribution in [1.29, 1.82) is 0 Å². The van der Waals surface area contributed by atoms with Gasteiger partial charge < -0.3 is 5.32 Å². The first kappa shape index (κ1) is 22.1. The highest BCUT2D eigenvalue weighted by molar-refractivity contribution is 5.91. The van der Waals surface area contributed by atoms with Crippen LogP contribution in [-0.2, 0) is 6.42 Å². The summed E-state index contributed by atoms with van der Waals surface area (Å²) in [6.45, 7) is 7.03. The van der Waals surface area contributed by atoms with E-state index in [2.05, 4.69) is 10.3 Å². The van der Waals surface area contributed by atoms with E-state index >= 15 is 0 Å². The summed E-state index contributed by atoms with van der Waals surface area (Å²) in [5, 5.41) is 4.13. The van der Waals surface area contributed by atoms with Gasteiger partial charge in [0.15, 0.2) is 0 Å². The molecule has 30 heavy (non-hydrogen) atoms. The molecule has 0 spiro atoms. The van der Waals surface area contributed by atoms with Crippen molar-refractivity contribution in [2.24, 2.45) is 5.41 Å². The van der Waals surface area contributed by atoms with Gasteiger partial charge in [0, 0.05) is 16.8 Å². The molecule has 0 amide bonds. The Morgan fingerprint density at radius 2 is 1.70 bits per heavy atom. The normalized spacial score (nSPS) is 15.0. The van der Waals surface area contributed by atoms with Crippen molar-refractivity contribution in [3.63, 3.8) is 0 Å². The van der Waals surface area contributed by atoms with Gasteiger partial charge in [0.2, 0.25) is 0 Å². The zero-order valence-electron chi connectivity index (χ0n) is 18.0. The van der Waals surface area contributed by atoms with Gasteiger partial charge in [0.1, 0.15) is 0 Å². The molecule has 0 bridgehead atoms. The van der Waals surface area contributed by atoms with E-state index in [1.807, 2.05) is 68.4 Å². The Kier molecular flexibility index (Phi) is 6.39. The Balaban J connectivity index is 2.20. The molecular weight excluding hydrogens is 385 g/mol. The molecule has 0 saturated heterocycles. The minimum Gasteiger partial charge on any atom is -0.377 e. The average molecular weight is 415 g/mol. The summed E-state index contributed by atoms with van der Waals surface area (Å²) in [4.78, 5) is 4.54. The lowest BCUT2D eigenvalue weighted by Crippen LogP contribution is -2.44. The first-order chi connectivity index (χ1) is 14.2. The van der Waals surface area contributed by atoms with Crippen molar-refractivity contribution in [2.45, 2.75) is 59.2 Å². The number of nitrogens with one attached hydrogen (secondary N) is 1. The maximum absolute atomic E-state index is 14.5. The molecule has 1 N–H and O–H groups in total. The summed E-state index contributed by atoms with van der Waals surface area (Å²) in [5.74, 6) is 0. The van der Waals surface area contributed by atoms with Gasteiger partial charge in [-0.05, 0) is 62.1 Å². The van der Waals surface area contributed by atoms with Gasteiger partial charge in [-0.2, -0.15) is 13.2 Å². The molecule has 0 aliphatic heterocycles. The Hall–Kier alpha value is -2.56. The van der Waals surface area contributed by atoms with Crippen LogP contribution in [0.4, 0.5) is 18.9 Å². The fourth-order valence-electron chi connectivity index (χ4n) is 4.23. The molecule has 0 radical (unpaired) electrons. The number of pyridine rings is 1. The predicted octanol–water partition coefficient (Wildman–Crippen LogP) is 7.63. The Morgan fingerprint density at radius 3 is 2.37 bits per heavy atom. The summed E-state index contributed by atoms with van der Waals surface area (Å²) in [6, 6.07) is 15.9. The van der Waals surface area contributed by atoms with E-state index in [1.165, 1.54) is 6.92 Å². The molecule has 2 unspecified atom stereocenters. The highest BCUT2D eigenvalue weighted by Crippen LogP contribution is 2.52. The Bertz CT molecular complexity index is 1010. The van der Waals surface area contributed by atoms with Gasteiger partial charge in [0.25, 0.3) is 0 Å². The number of nitrogens with zero attached hydrogens (tertiary/aromatic N) is 1. The third-order valence-electron chi connectivity index (χ3n) is 5.97. The van der Waals surface area contributed by atoms with Crippen molar-refractivity contribution in [2.75, 3.05) is 5.32 Å². The quantitative estimate of drug-likeness (QED) is 0.430. The molecular formula is C25H29F3N2. The molecule has 3 rings (SSSR count). The van der Waals surface area contributed by atoms with E-state index in [1.54, 1.807) is 6.92 Å². The third-order valence-corrected chi connectivity index (χ3v) is 5.97. The monoisotopic (exact) mass is 414 g/mol. The molecule has 0 fully saturated rings. The fourth-order valence-corrected chi connectivity index (χ4v) is 4.23. The zero-order chi connectivity index (χ0) is 21.9. The topological polar surface area (TPSA) is 24.9 Å². The van der Waals surface area contributed by atoms with Crippen molar-refractivity contribution in [3.8, 4) is 0 Å². The number of hydrogen-bond donors (Lipinski definition) is 1. The molecule has 0 saturated carbocycles. The second kappa shape index (κ2) is 8.66. The van der Waals surface area contributed by atoms with E-state index in [4.69, 9.17) is 0 Å². The van der Waals surface area contributed by atoms with Crippen molar-refractivity contribution < 1.29 is 13.2 Å². The van der Waals surface area contributed by atoms with E-state index < -0.39 is 17.6 Å². The molecule has 5 heteroatoms. The van der Waals surface area contributed by atoms with Crippen LogP contribution in [0.2, 0.25) is 0 Å². The van der Waals surface area contributed by atoms with Crippen LogP contribution in [0.25, 0.3) is 10.9 Å². The summed E-state index contributed by atoms with van der Waals surface area (Å²) in [6.07, 6.45) is -3.21. The number of aromatic nitrogens is 1. The van der Waals surface area contributed by atoms with Gasteiger partial charge in [-0.15, -0.1) is 0 Å². The highest BCUT2D eigenvalue weighted by atomic mass is 19.4. The number of benzene rings is 2. The van der Waals surface area contributed by atoms with Crippen molar-refractivity contribution in [1.82, 2.24) is 4.98 Å². The second-order valence-electron chi connectivity index (χ2n) is 8.12. The van der Waals surface area contributed by atoms with E-state index in [9.17, 15) is 13.2 Å². The molecule has 2 aromatic carbocycles. The van der Waals surface area contributed by atoms with Gasteiger partial charge in [-0.25, -0.2) is 0 Å². The van der Waals surface area contributed by atoms with Crippen LogP contribution in [0.5, 0.6) is 0 Å². The van der Waals surface area contributed by atoms with E-state index in [0.717, 1.165) is 22.2 Å². The Labute approximate surface area is 176 Å². The predicted molar refractivity (Wildman–Crippen MR) is 118 cm³/mol. The minimum atomic E-state index is -4.36. The van der Waals surface area contributed by atoms with Crippen LogP contribution in [0.1, 0.15) is 56.5 Å². The van der Waals surface area contributed by atoms with Crippen molar-refractivity contribution >= 4 is 16.6 Å². The number of halogens is 3. The number of fused-ring (bicyclic) bond motifs is 1. The lowest BCUT2D eigenvalue weighted by molar-refractivity contribution is -0.226. The van der Waals surface area contributed by atoms with Gasteiger partial charge >= 0.3 is 6.18 Å². The van der Waals surface area contributed by atoms with Crippen molar-refractivity contribution in [3.05, 3.63) is 71.4 Å². The lowest BCUT2D eigenvalue weighted by atomic mass is 9.73. The Morgan fingerprint density at radius 1 is 0.967 bits per heavy atom. The molecule has 2 nitrogen and oxygen atoms in total. The van der Waals surface area contributed by atoms with Crippen LogP contribution < -0.4 is 5.32 Å².